The Bertz CT molecular complexity index is 694. The first-order valence-electron chi connectivity index (χ1n) is 5.49. The fourth-order valence-electron chi connectivity index (χ4n) is 1.53. The lowest BCUT2D eigenvalue weighted by atomic mass is 10.1. The Morgan fingerprint density at radius 1 is 1.50 bits per heavy atom. The zero-order valence-electron chi connectivity index (χ0n) is 10.3. The molecule has 0 amide bonds. The van der Waals surface area contributed by atoms with Crippen LogP contribution in [0.25, 0.3) is 11.3 Å². The molecular weight excluding hydrogens is 258 g/mol. The van der Waals surface area contributed by atoms with Gasteiger partial charge in [-0.1, -0.05) is 12.1 Å². The van der Waals surface area contributed by atoms with Crippen molar-refractivity contribution in [1.82, 2.24) is 4.98 Å². The fourth-order valence-corrected chi connectivity index (χ4v) is 1.53. The molecule has 0 atom stereocenters. The van der Waals surface area contributed by atoms with E-state index in [0.29, 0.717) is 16.9 Å². The summed E-state index contributed by atoms with van der Waals surface area (Å²) in [5, 5.41) is 16.0. The number of nitriles is 1. The first-order valence-corrected chi connectivity index (χ1v) is 5.49. The van der Waals surface area contributed by atoms with Crippen LogP contribution >= 0.6 is 0 Å². The Kier molecular flexibility index (Phi) is 3.63. The zero-order chi connectivity index (χ0) is 14.5. The molecule has 0 aliphatic heterocycles. The lowest BCUT2D eigenvalue weighted by Crippen LogP contribution is -2.21. The maximum Gasteiger partial charge on any atom is 0.325 e. The Labute approximate surface area is 114 Å². The summed E-state index contributed by atoms with van der Waals surface area (Å²) in [7, 11) is 0. The van der Waals surface area contributed by atoms with Crippen molar-refractivity contribution in [2.45, 2.75) is 0 Å². The number of aliphatic imine (C=N–C) groups is 1. The Morgan fingerprint density at radius 3 is 2.95 bits per heavy atom. The summed E-state index contributed by atoms with van der Waals surface area (Å²) < 4.78 is 5.10. The fraction of sp³-hybridized carbons (Fsp3) is 0. The predicted octanol–water partition coefficient (Wildman–Crippen LogP) is 1.14. The van der Waals surface area contributed by atoms with E-state index < -0.39 is 0 Å². The number of anilines is 1. The minimum absolute atomic E-state index is 0.0506. The molecule has 100 valence electrons. The highest BCUT2D eigenvalue weighted by molar-refractivity contribution is 5.82. The molecule has 1 heterocycles. The predicted molar refractivity (Wildman–Crippen MR) is 74.3 cm³/mol. The second-order valence-corrected chi connectivity index (χ2v) is 3.70. The monoisotopic (exact) mass is 269 g/mol. The molecule has 0 spiro atoms. The minimum Gasteiger partial charge on any atom is -0.430 e. The third kappa shape index (κ3) is 2.73. The highest BCUT2D eigenvalue weighted by Gasteiger charge is 2.08. The molecule has 5 N–H and O–H groups in total. The van der Waals surface area contributed by atoms with Crippen LogP contribution < -0.4 is 16.4 Å². The van der Waals surface area contributed by atoms with Crippen molar-refractivity contribution < 1.29 is 4.42 Å². The van der Waals surface area contributed by atoms with E-state index in [1.807, 2.05) is 6.19 Å². The minimum atomic E-state index is -0.147. The highest BCUT2D eigenvalue weighted by atomic mass is 16.4. The number of nitrogens with two attached hydrogens (primary N) is 2. The van der Waals surface area contributed by atoms with Crippen LogP contribution in [-0.4, -0.2) is 17.3 Å². The van der Waals surface area contributed by atoms with E-state index in [1.165, 1.54) is 6.26 Å². The number of nitrogens with zero attached hydrogens (tertiary/aromatic N) is 4. The van der Waals surface area contributed by atoms with Gasteiger partial charge in [0.1, 0.15) is 18.3 Å². The zero-order valence-corrected chi connectivity index (χ0v) is 10.3. The molecule has 0 aliphatic carbocycles. The molecule has 2 rings (SSSR count). The van der Waals surface area contributed by atoms with Crippen molar-refractivity contribution in [2.24, 2.45) is 16.5 Å². The van der Waals surface area contributed by atoms with Crippen LogP contribution in [-0.2, 0) is 0 Å². The van der Waals surface area contributed by atoms with Gasteiger partial charge in [0.2, 0.25) is 0 Å². The van der Waals surface area contributed by atoms with Crippen molar-refractivity contribution >= 4 is 24.0 Å². The van der Waals surface area contributed by atoms with Gasteiger partial charge in [0.15, 0.2) is 12.2 Å². The number of nitrogens with one attached hydrogen (secondary N) is 1. The average molecular weight is 269 g/mol. The lowest BCUT2D eigenvalue weighted by Gasteiger charge is -2.09. The van der Waals surface area contributed by atoms with E-state index in [2.05, 4.69) is 9.98 Å². The normalized spacial score (nSPS) is 9.55. The van der Waals surface area contributed by atoms with Crippen molar-refractivity contribution in [3.8, 4) is 17.5 Å². The van der Waals surface area contributed by atoms with E-state index in [-0.39, 0.29) is 12.0 Å². The molecule has 0 radical (unpaired) electrons. The first kappa shape index (κ1) is 13.1. The third-order valence-corrected chi connectivity index (χ3v) is 2.37. The standard InChI is InChI=1S/C12H11N7O/c13-6-19(7-14)9-3-1-2-8(4-9)10-5-20-12(17-10)18-11(15)16/h1-6,13H,(H4,15,16,17,18). The molecular formula is C12H11N7O. The molecule has 0 bridgehead atoms. The quantitative estimate of drug-likeness (QED) is 0.329. The third-order valence-electron chi connectivity index (χ3n) is 2.37. The SMILES string of the molecule is N#CN(C=N)c1cccc(-c2coc(N=C(N)N)n2)c1. The average Bonchev–Trinajstić information content (AvgIpc) is 2.88. The van der Waals surface area contributed by atoms with E-state index in [9.17, 15) is 0 Å². The summed E-state index contributed by atoms with van der Waals surface area (Å²) in [6, 6.07) is 6.99. The van der Waals surface area contributed by atoms with Gasteiger partial charge < -0.3 is 15.9 Å². The molecule has 2 aromatic rings. The molecule has 0 aliphatic rings. The summed E-state index contributed by atoms with van der Waals surface area (Å²) in [6.45, 7) is 0. The van der Waals surface area contributed by atoms with Crippen LogP contribution in [0.3, 0.4) is 0 Å². The topological polar surface area (TPSA) is 141 Å². The molecule has 0 unspecified atom stereocenters. The van der Waals surface area contributed by atoms with Crippen LogP contribution in [0.2, 0.25) is 0 Å². The Hall–Kier alpha value is -3.34. The van der Waals surface area contributed by atoms with Gasteiger partial charge in [-0.2, -0.15) is 15.2 Å². The van der Waals surface area contributed by atoms with Gasteiger partial charge in [-0.15, -0.1) is 0 Å². The number of aromatic nitrogens is 1. The molecule has 0 saturated carbocycles. The second kappa shape index (κ2) is 5.53. The summed E-state index contributed by atoms with van der Waals surface area (Å²) in [4.78, 5) is 8.90. The molecule has 0 saturated heterocycles. The van der Waals surface area contributed by atoms with Crippen LogP contribution in [0.15, 0.2) is 39.9 Å². The smallest absolute Gasteiger partial charge is 0.325 e. The van der Waals surface area contributed by atoms with E-state index in [4.69, 9.17) is 26.6 Å². The molecule has 20 heavy (non-hydrogen) atoms. The molecule has 1 aromatic heterocycles. The number of oxazole rings is 1. The van der Waals surface area contributed by atoms with Crippen molar-refractivity contribution in [1.29, 1.82) is 10.7 Å². The van der Waals surface area contributed by atoms with Crippen molar-refractivity contribution in [3.63, 3.8) is 0 Å². The van der Waals surface area contributed by atoms with Crippen LogP contribution in [0.5, 0.6) is 0 Å². The number of benzene rings is 1. The summed E-state index contributed by atoms with van der Waals surface area (Å²) in [5.41, 5.74) is 12.2. The highest BCUT2D eigenvalue weighted by Crippen LogP contribution is 2.25. The van der Waals surface area contributed by atoms with Crippen LogP contribution in [0, 0.1) is 16.9 Å². The summed E-state index contributed by atoms with van der Waals surface area (Å²) in [6.07, 6.45) is 4.20. The Balaban J connectivity index is 2.36. The number of hydrogen-bond acceptors (Lipinski definition) is 5. The molecule has 1 aromatic carbocycles. The molecule has 8 heteroatoms. The second-order valence-electron chi connectivity index (χ2n) is 3.70. The Morgan fingerprint density at radius 2 is 2.30 bits per heavy atom. The van der Waals surface area contributed by atoms with E-state index in [0.717, 1.165) is 11.2 Å². The van der Waals surface area contributed by atoms with Crippen LogP contribution in [0.4, 0.5) is 11.7 Å². The molecule has 8 nitrogen and oxygen atoms in total. The van der Waals surface area contributed by atoms with Gasteiger partial charge in [-0.3, -0.25) is 5.41 Å². The summed E-state index contributed by atoms with van der Waals surface area (Å²) in [5.74, 6) is -0.147. The maximum absolute atomic E-state index is 8.89. The van der Waals surface area contributed by atoms with Crippen molar-refractivity contribution in [2.75, 3.05) is 4.90 Å². The van der Waals surface area contributed by atoms with Gasteiger partial charge in [0, 0.05) is 5.56 Å². The maximum atomic E-state index is 8.89. The molecule has 0 fully saturated rings. The van der Waals surface area contributed by atoms with Gasteiger partial charge in [0.05, 0.1) is 5.69 Å². The van der Waals surface area contributed by atoms with Crippen molar-refractivity contribution in [3.05, 3.63) is 30.5 Å². The van der Waals surface area contributed by atoms with Gasteiger partial charge >= 0.3 is 6.01 Å². The number of guanidine groups is 1. The first-order chi connectivity index (χ1) is 9.63. The largest absolute Gasteiger partial charge is 0.430 e. The lowest BCUT2D eigenvalue weighted by molar-refractivity contribution is 0.570. The van der Waals surface area contributed by atoms with Gasteiger partial charge in [-0.05, 0) is 12.1 Å². The van der Waals surface area contributed by atoms with E-state index in [1.54, 1.807) is 24.3 Å². The van der Waals surface area contributed by atoms with Gasteiger partial charge in [-0.25, -0.2) is 4.90 Å². The summed E-state index contributed by atoms with van der Waals surface area (Å²) >= 11 is 0. The van der Waals surface area contributed by atoms with E-state index >= 15 is 0 Å². The van der Waals surface area contributed by atoms with Gasteiger partial charge in [0.25, 0.3) is 0 Å². The van der Waals surface area contributed by atoms with Crippen LogP contribution in [0.1, 0.15) is 0 Å². The number of hydrogen-bond donors (Lipinski definition) is 3. The number of rotatable bonds is 4.